The fraction of sp³-hybridized carbons (Fsp3) is 0.737. The van der Waals surface area contributed by atoms with Gasteiger partial charge in [0.1, 0.15) is 0 Å². The van der Waals surface area contributed by atoms with Crippen molar-refractivity contribution in [1.29, 1.82) is 0 Å². The fourth-order valence-corrected chi connectivity index (χ4v) is 4.10. The van der Waals surface area contributed by atoms with Gasteiger partial charge in [0.25, 0.3) is 0 Å². The molecule has 1 aliphatic carbocycles. The van der Waals surface area contributed by atoms with Crippen LogP contribution in [0.1, 0.15) is 45.4 Å². The number of aromatic nitrogens is 2. The zero-order valence-corrected chi connectivity index (χ0v) is 15.4. The maximum absolute atomic E-state index is 12.5. The summed E-state index contributed by atoms with van der Waals surface area (Å²) in [5.41, 5.74) is 0. The molecule has 2 aliphatic rings. The van der Waals surface area contributed by atoms with Crippen LogP contribution < -0.4 is 10.2 Å². The molecule has 0 radical (unpaired) electrons. The number of anilines is 1. The van der Waals surface area contributed by atoms with Crippen molar-refractivity contribution in [2.45, 2.75) is 51.5 Å². The third-order valence-electron chi connectivity index (χ3n) is 5.65. The number of carbonyl (C=O) groups excluding carboxylic acids is 1. The van der Waals surface area contributed by atoms with Crippen LogP contribution >= 0.6 is 0 Å². The van der Waals surface area contributed by atoms with Gasteiger partial charge in [0.2, 0.25) is 11.9 Å². The number of carbonyl (C=O) groups is 1. The minimum absolute atomic E-state index is 0.269. The first-order chi connectivity index (χ1) is 12.3. The lowest BCUT2D eigenvalue weighted by atomic mass is 9.83. The summed E-state index contributed by atoms with van der Waals surface area (Å²) in [6.45, 7) is 6.23. The molecule has 0 aromatic carbocycles. The van der Waals surface area contributed by atoms with E-state index in [-0.39, 0.29) is 5.91 Å². The van der Waals surface area contributed by atoms with Crippen molar-refractivity contribution in [3.63, 3.8) is 0 Å². The Balaban J connectivity index is 1.38. The highest BCUT2D eigenvalue weighted by atomic mass is 16.2. The second-order valence-electron chi connectivity index (χ2n) is 7.18. The summed E-state index contributed by atoms with van der Waals surface area (Å²) in [7, 11) is 0. The molecule has 1 saturated heterocycles. The first-order valence-corrected chi connectivity index (χ1v) is 9.81. The molecule has 1 amide bonds. The molecule has 2 atom stereocenters. The standard InChI is InChI=1S/C19H31N5O/c1-2-16-6-3-4-7-17(16)20-11-8-18(25)23-12-14-24(15-13-23)19-21-9-5-10-22-19/h5,9-10,16-17,20H,2-4,6-8,11-15H2,1H3. The van der Waals surface area contributed by atoms with E-state index in [9.17, 15) is 4.79 Å². The predicted octanol–water partition coefficient (Wildman–Crippen LogP) is 2.07. The van der Waals surface area contributed by atoms with Gasteiger partial charge in [-0.3, -0.25) is 4.79 Å². The van der Waals surface area contributed by atoms with Gasteiger partial charge in [0, 0.05) is 57.6 Å². The molecule has 25 heavy (non-hydrogen) atoms. The van der Waals surface area contributed by atoms with Crippen molar-refractivity contribution in [3.05, 3.63) is 18.5 Å². The Morgan fingerprint density at radius 2 is 1.88 bits per heavy atom. The van der Waals surface area contributed by atoms with Gasteiger partial charge in [-0.25, -0.2) is 9.97 Å². The van der Waals surface area contributed by atoms with Crippen LogP contribution in [0.4, 0.5) is 5.95 Å². The number of piperazine rings is 1. The van der Waals surface area contributed by atoms with E-state index in [0.717, 1.165) is 44.6 Å². The van der Waals surface area contributed by atoms with E-state index < -0.39 is 0 Å². The number of rotatable bonds is 6. The average molecular weight is 345 g/mol. The zero-order valence-electron chi connectivity index (χ0n) is 15.4. The number of amides is 1. The molecule has 6 heteroatoms. The maximum Gasteiger partial charge on any atom is 0.225 e. The minimum atomic E-state index is 0.269. The van der Waals surface area contributed by atoms with Gasteiger partial charge in [0.15, 0.2) is 0 Å². The zero-order chi connectivity index (χ0) is 17.5. The molecule has 0 spiro atoms. The highest BCUT2D eigenvalue weighted by molar-refractivity contribution is 5.76. The topological polar surface area (TPSA) is 61.4 Å². The van der Waals surface area contributed by atoms with Crippen molar-refractivity contribution in [1.82, 2.24) is 20.2 Å². The molecule has 6 nitrogen and oxygen atoms in total. The third kappa shape index (κ3) is 4.91. The predicted molar refractivity (Wildman–Crippen MR) is 99.5 cm³/mol. The molecule has 1 saturated carbocycles. The minimum Gasteiger partial charge on any atom is -0.339 e. The molecule has 138 valence electrons. The van der Waals surface area contributed by atoms with Crippen LogP contribution in [-0.2, 0) is 4.79 Å². The van der Waals surface area contributed by atoms with Crippen LogP contribution in [0, 0.1) is 5.92 Å². The van der Waals surface area contributed by atoms with Gasteiger partial charge >= 0.3 is 0 Å². The Labute approximate surface area is 151 Å². The second kappa shape index (κ2) is 9.13. The Bertz CT molecular complexity index is 530. The van der Waals surface area contributed by atoms with E-state index >= 15 is 0 Å². The van der Waals surface area contributed by atoms with Crippen molar-refractivity contribution in [2.75, 3.05) is 37.6 Å². The smallest absolute Gasteiger partial charge is 0.225 e. The normalized spacial score (nSPS) is 24.4. The average Bonchev–Trinajstić information content (AvgIpc) is 2.69. The molecular formula is C19H31N5O. The summed E-state index contributed by atoms with van der Waals surface area (Å²) in [6.07, 6.45) is 10.7. The largest absolute Gasteiger partial charge is 0.339 e. The summed E-state index contributed by atoms with van der Waals surface area (Å²) in [5.74, 6) is 1.82. The third-order valence-corrected chi connectivity index (χ3v) is 5.65. The van der Waals surface area contributed by atoms with Gasteiger partial charge < -0.3 is 15.1 Å². The molecule has 0 bridgehead atoms. The number of hydrogen-bond donors (Lipinski definition) is 1. The Morgan fingerprint density at radius 1 is 1.16 bits per heavy atom. The quantitative estimate of drug-likeness (QED) is 0.855. The van der Waals surface area contributed by atoms with Crippen LogP contribution in [0.25, 0.3) is 0 Å². The number of hydrogen-bond acceptors (Lipinski definition) is 5. The van der Waals surface area contributed by atoms with E-state index in [2.05, 4.69) is 27.1 Å². The van der Waals surface area contributed by atoms with Crippen LogP contribution in [0.5, 0.6) is 0 Å². The summed E-state index contributed by atoms with van der Waals surface area (Å²) >= 11 is 0. The first kappa shape index (κ1) is 18.1. The number of nitrogens with one attached hydrogen (secondary N) is 1. The summed E-state index contributed by atoms with van der Waals surface area (Å²) in [6, 6.07) is 2.43. The van der Waals surface area contributed by atoms with Gasteiger partial charge in [-0.2, -0.15) is 0 Å². The lowest BCUT2D eigenvalue weighted by Gasteiger charge is -2.35. The van der Waals surface area contributed by atoms with E-state index in [1.54, 1.807) is 12.4 Å². The van der Waals surface area contributed by atoms with Gasteiger partial charge in [-0.15, -0.1) is 0 Å². The molecule has 1 N–H and O–H groups in total. The Morgan fingerprint density at radius 3 is 2.60 bits per heavy atom. The molecule has 1 aliphatic heterocycles. The van der Waals surface area contributed by atoms with Gasteiger partial charge in [-0.05, 0) is 24.8 Å². The van der Waals surface area contributed by atoms with Gasteiger partial charge in [-0.1, -0.05) is 26.2 Å². The molecule has 2 heterocycles. The van der Waals surface area contributed by atoms with Crippen molar-refractivity contribution >= 4 is 11.9 Å². The second-order valence-corrected chi connectivity index (χ2v) is 7.18. The van der Waals surface area contributed by atoms with Crippen molar-refractivity contribution < 1.29 is 4.79 Å². The monoisotopic (exact) mass is 345 g/mol. The molecule has 3 rings (SSSR count). The molecule has 1 aromatic heterocycles. The highest BCUT2D eigenvalue weighted by Gasteiger charge is 2.25. The van der Waals surface area contributed by atoms with Crippen molar-refractivity contribution in [3.8, 4) is 0 Å². The summed E-state index contributed by atoms with van der Waals surface area (Å²) in [5, 5.41) is 3.65. The first-order valence-electron chi connectivity index (χ1n) is 9.81. The van der Waals surface area contributed by atoms with E-state index in [4.69, 9.17) is 0 Å². The van der Waals surface area contributed by atoms with Crippen LogP contribution in [-0.4, -0.2) is 59.5 Å². The molecule has 2 fully saturated rings. The Kier molecular flexibility index (Phi) is 6.62. The van der Waals surface area contributed by atoms with Crippen LogP contribution in [0.2, 0.25) is 0 Å². The number of nitrogens with zero attached hydrogens (tertiary/aromatic N) is 4. The Hall–Kier alpha value is -1.69. The van der Waals surface area contributed by atoms with E-state index in [0.29, 0.717) is 12.5 Å². The highest BCUT2D eigenvalue weighted by Crippen LogP contribution is 2.26. The fourth-order valence-electron chi connectivity index (χ4n) is 4.10. The maximum atomic E-state index is 12.5. The SMILES string of the molecule is CCC1CCCCC1NCCC(=O)N1CCN(c2ncccn2)CC1. The van der Waals surface area contributed by atoms with E-state index in [1.165, 1.54) is 32.1 Å². The molecule has 1 aromatic rings. The lowest BCUT2D eigenvalue weighted by Crippen LogP contribution is -2.50. The summed E-state index contributed by atoms with van der Waals surface area (Å²) < 4.78 is 0. The van der Waals surface area contributed by atoms with Crippen LogP contribution in [0.3, 0.4) is 0 Å². The van der Waals surface area contributed by atoms with E-state index in [1.807, 2.05) is 11.0 Å². The molecule has 2 unspecified atom stereocenters. The molecular weight excluding hydrogens is 314 g/mol. The van der Waals surface area contributed by atoms with Crippen LogP contribution in [0.15, 0.2) is 18.5 Å². The van der Waals surface area contributed by atoms with Crippen molar-refractivity contribution in [2.24, 2.45) is 5.92 Å². The summed E-state index contributed by atoms with van der Waals surface area (Å²) in [4.78, 5) is 25.2. The lowest BCUT2D eigenvalue weighted by molar-refractivity contribution is -0.131. The van der Waals surface area contributed by atoms with Gasteiger partial charge in [0.05, 0.1) is 0 Å².